The molecule has 1 aromatic carbocycles. The second-order valence-corrected chi connectivity index (χ2v) is 7.76. The van der Waals surface area contributed by atoms with Gasteiger partial charge in [-0.15, -0.1) is 0 Å². The maximum Gasteiger partial charge on any atom is 0.0458 e. The molecule has 1 heterocycles. The number of benzene rings is 1. The number of rotatable bonds is 13. The molecule has 2 aromatic rings. The van der Waals surface area contributed by atoms with Crippen LogP contribution in [0.5, 0.6) is 0 Å². The lowest BCUT2D eigenvalue weighted by atomic mass is 9.90. The Morgan fingerprint density at radius 2 is 1.52 bits per heavy atom. The molecular formula is C24H39N. The van der Waals surface area contributed by atoms with Gasteiger partial charge in [-0.3, -0.25) is 0 Å². The van der Waals surface area contributed by atoms with Gasteiger partial charge in [0.25, 0.3) is 0 Å². The zero-order valence-electron chi connectivity index (χ0n) is 16.9. The molecule has 1 atom stereocenters. The van der Waals surface area contributed by atoms with Gasteiger partial charge < -0.3 is 4.98 Å². The monoisotopic (exact) mass is 341 g/mol. The quantitative estimate of drug-likeness (QED) is 0.354. The van der Waals surface area contributed by atoms with E-state index >= 15 is 0 Å². The highest BCUT2D eigenvalue weighted by Gasteiger charge is 2.11. The Bertz CT molecular complexity index is 595. The summed E-state index contributed by atoms with van der Waals surface area (Å²) in [5.74, 6) is 0.724. The molecule has 140 valence electrons. The van der Waals surface area contributed by atoms with Gasteiger partial charge in [-0.1, -0.05) is 84.3 Å². The zero-order valence-corrected chi connectivity index (χ0v) is 16.9. The topological polar surface area (TPSA) is 15.8 Å². The lowest BCUT2D eigenvalue weighted by molar-refractivity contribution is 0.543. The van der Waals surface area contributed by atoms with Gasteiger partial charge in [-0.05, 0) is 54.7 Å². The molecule has 25 heavy (non-hydrogen) atoms. The molecule has 0 amide bonds. The first kappa shape index (κ1) is 20.1. The Balaban J connectivity index is 1.93. The minimum atomic E-state index is 0.724. The lowest BCUT2D eigenvalue weighted by Crippen LogP contribution is -1.97. The maximum atomic E-state index is 3.68. The average molecular weight is 342 g/mol. The van der Waals surface area contributed by atoms with Crippen molar-refractivity contribution in [3.63, 3.8) is 0 Å². The summed E-state index contributed by atoms with van der Waals surface area (Å²) in [4.78, 5) is 3.68. The molecule has 2 rings (SSSR count). The smallest absolute Gasteiger partial charge is 0.0458 e. The number of hydrogen-bond donors (Lipinski definition) is 1. The standard InChI is InChI=1S/C24H39N/c1-4-7-9-11-13-15-23-18-22-17-16-21(19-24(22)25-23)20(6-3)14-12-10-8-5-2/h16-20,25H,4-15H2,1-3H3. The molecule has 1 heteroatoms. The van der Waals surface area contributed by atoms with Crippen LogP contribution in [0.15, 0.2) is 24.3 Å². The summed E-state index contributed by atoms with van der Waals surface area (Å²) in [6, 6.07) is 9.48. The third-order valence-corrected chi connectivity index (χ3v) is 5.62. The van der Waals surface area contributed by atoms with Crippen LogP contribution in [0.25, 0.3) is 10.9 Å². The molecule has 0 aliphatic rings. The second kappa shape index (κ2) is 11.4. The summed E-state index contributed by atoms with van der Waals surface area (Å²) in [6.07, 6.45) is 16.0. The van der Waals surface area contributed by atoms with Crippen molar-refractivity contribution >= 4 is 10.9 Å². The Morgan fingerprint density at radius 3 is 2.24 bits per heavy atom. The van der Waals surface area contributed by atoms with E-state index in [0.717, 1.165) is 5.92 Å². The SMILES string of the molecule is CCCCCCCc1cc2ccc(C(CC)CCCCCC)cc2[nH]1. The number of unbranched alkanes of at least 4 members (excludes halogenated alkanes) is 7. The van der Waals surface area contributed by atoms with Crippen LogP contribution in [0.2, 0.25) is 0 Å². The van der Waals surface area contributed by atoms with Gasteiger partial charge in [0.1, 0.15) is 0 Å². The number of H-pyrrole nitrogens is 1. The van der Waals surface area contributed by atoms with Gasteiger partial charge in [0, 0.05) is 11.2 Å². The number of hydrogen-bond acceptors (Lipinski definition) is 0. The molecule has 0 fully saturated rings. The lowest BCUT2D eigenvalue weighted by Gasteiger charge is -2.15. The first-order valence-electron chi connectivity index (χ1n) is 10.9. The van der Waals surface area contributed by atoms with Crippen molar-refractivity contribution in [1.29, 1.82) is 0 Å². The summed E-state index contributed by atoms with van der Waals surface area (Å²) in [5, 5.41) is 1.38. The third kappa shape index (κ3) is 6.53. The molecule has 0 radical (unpaired) electrons. The van der Waals surface area contributed by atoms with E-state index in [-0.39, 0.29) is 0 Å². The van der Waals surface area contributed by atoms with Crippen LogP contribution in [0.3, 0.4) is 0 Å². The van der Waals surface area contributed by atoms with Crippen LogP contribution in [-0.4, -0.2) is 4.98 Å². The normalized spacial score (nSPS) is 12.8. The first-order valence-corrected chi connectivity index (χ1v) is 10.9. The van der Waals surface area contributed by atoms with E-state index in [1.54, 1.807) is 0 Å². The van der Waals surface area contributed by atoms with E-state index in [1.165, 1.54) is 99.2 Å². The summed E-state index contributed by atoms with van der Waals surface area (Å²) in [7, 11) is 0. The van der Waals surface area contributed by atoms with Crippen molar-refractivity contribution in [3.8, 4) is 0 Å². The predicted molar refractivity (Wildman–Crippen MR) is 113 cm³/mol. The average Bonchev–Trinajstić information content (AvgIpc) is 3.03. The molecular weight excluding hydrogens is 302 g/mol. The maximum absolute atomic E-state index is 3.68. The van der Waals surface area contributed by atoms with Crippen molar-refractivity contribution in [1.82, 2.24) is 4.98 Å². The van der Waals surface area contributed by atoms with Gasteiger partial charge in [0.2, 0.25) is 0 Å². The van der Waals surface area contributed by atoms with Crippen LogP contribution >= 0.6 is 0 Å². The molecule has 1 N–H and O–H groups in total. The summed E-state index contributed by atoms with van der Waals surface area (Å²) in [5.41, 5.74) is 4.29. The Kier molecular flexibility index (Phi) is 9.15. The third-order valence-electron chi connectivity index (χ3n) is 5.62. The Hall–Kier alpha value is -1.24. The fourth-order valence-electron chi connectivity index (χ4n) is 3.94. The van der Waals surface area contributed by atoms with Crippen LogP contribution in [0.4, 0.5) is 0 Å². The number of fused-ring (bicyclic) bond motifs is 1. The van der Waals surface area contributed by atoms with E-state index in [2.05, 4.69) is 50.0 Å². The minimum Gasteiger partial charge on any atom is -0.358 e. The van der Waals surface area contributed by atoms with Crippen LogP contribution < -0.4 is 0 Å². The predicted octanol–water partition coefficient (Wildman–Crippen LogP) is 8.14. The largest absolute Gasteiger partial charge is 0.358 e. The van der Waals surface area contributed by atoms with Gasteiger partial charge in [-0.25, -0.2) is 0 Å². The molecule has 0 bridgehead atoms. The van der Waals surface area contributed by atoms with E-state index in [1.807, 2.05) is 0 Å². The summed E-state index contributed by atoms with van der Waals surface area (Å²) >= 11 is 0. The van der Waals surface area contributed by atoms with Gasteiger partial charge in [-0.2, -0.15) is 0 Å². The van der Waals surface area contributed by atoms with Crippen LogP contribution in [-0.2, 0) is 6.42 Å². The molecule has 0 aliphatic heterocycles. The molecule has 1 nitrogen and oxygen atoms in total. The Labute approximate surface area is 155 Å². The molecule has 0 spiro atoms. The van der Waals surface area contributed by atoms with E-state index in [0.29, 0.717) is 0 Å². The molecule has 1 unspecified atom stereocenters. The van der Waals surface area contributed by atoms with Crippen molar-refractivity contribution in [2.24, 2.45) is 0 Å². The summed E-state index contributed by atoms with van der Waals surface area (Å²) in [6.45, 7) is 6.91. The minimum absolute atomic E-state index is 0.724. The highest BCUT2D eigenvalue weighted by molar-refractivity contribution is 5.81. The molecule has 0 saturated heterocycles. The van der Waals surface area contributed by atoms with E-state index in [9.17, 15) is 0 Å². The molecule has 1 aromatic heterocycles. The fraction of sp³-hybridized carbons (Fsp3) is 0.667. The summed E-state index contributed by atoms with van der Waals surface area (Å²) < 4.78 is 0. The van der Waals surface area contributed by atoms with E-state index in [4.69, 9.17) is 0 Å². The van der Waals surface area contributed by atoms with Crippen LogP contribution in [0, 0.1) is 0 Å². The number of aryl methyl sites for hydroxylation is 1. The molecule has 0 aliphatic carbocycles. The highest BCUT2D eigenvalue weighted by Crippen LogP contribution is 2.29. The Morgan fingerprint density at radius 1 is 0.800 bits per heavy atom. The zero-order chi connectivity index (χ0) is 17.9. The number of aromatic nitrogens is 1. The highest BCUT2D eigenvalue weighted by atomic mass is 14.7. The van der Waals surface area contributed by atoms with Crippen LogP contribution in [0.1, 0.15) is 109 Å². The van der Waals surface area contributed by atoms with Gasteiger partial charge >= 0.3 is 0 Å². The number of aromatic amines is 1. The van der Waals surface area contributed by atoms with E-state index < -0.39 is 0 Å². The van der Waals surface area contributed by atoms with Gasteiger partial charge in [0.15, 0.2) is 0 Å². The number of nitrogens with one attached hydrogen (secondary N) is 1. The van der Waals surface area contributed by atoms with Crippen molar-refractivity contribution in [2.45, 2.75) is 104 Å². The first-order chi connectivity index (χ1) is 12.3. The van der Waals surface area contributed by atoms with Gasteiger partial charge in [0.05, 0.1) is 0 Å². The van der Waals surface area contributed by atoms with Crippen molar-refractivity contribution < 1.29 is 0 Å². The molecule has 0 saturated carbocycles. The second-order valence-electron chi connectivity index (χ2n) is 7.76. The van der Waals surface area contributed by atoms with Crippen molar-refractivity contribution in [2.75, 3.05) is 0 Å². The fourth-order valence-corrected chi connectivity index (χ4v) is 3.94. The van der Waals surface area contributed by atoms with Crippen molar-refractivity contribution in [3.05, 3.63) is 35.5 Å².